The number of urea groups is 1. The summed E-state index contributed by atoms with van der Waals surface area (Å²) in [7, 11) is 1.48. The highest BCUT2D eigenvalue weighted by molar-refractivity contribution is 8.01. The Hall–Kier alpha value is -3.73. The number of nitrogens with zero attached hydrogens (tertiary/aromatic N) is 2. The first-order chi connectivity index (χ1) is 17.6. The molecule has 3 amide bonds. The van der Waals surface area contributed by atoms with Gasteiger partial charge in [0.05, 0.1) is 24.9 Å². The summed E-state index contributed by atoms with van der Waals surface area (Å²) in [6, 6.07) is 14.5. The van der Waals surface area contributed by atoms with Crippen LogP contribution in [0.3, 0.4) is 0 Å². The standard InChI is InChI=1S/C26H21F4N3O3S/c1-36-20-9-10-22-21(14-20)25(23(34)32(22)15-16-3-2-4-17(13-16)26(28,29)30)33(11-12-37-25)24(35)31-19-7-5-18(27)6-8-19/h2-10,13-14H,11-12,15H2,1H3,(H,31,35)/t25-/m0/s1. The zero-order valence-corrected chi connectivity index (χ0v) is 20.3. The predicted molar refractivity (Wildman–Crippen MR) is 132 cm³/mol. The fourth-order valence-electron chi connectivity index (χ4n) is 4.63. The van der Waals surface area contributed by atoms with E-state index in [2.05, 4.69) is 5.32 Å². The molecule has 0 radical (unpaired) electrons. The second-order valence-electron chi connectivity index (χ2n) is 8.55. The number of amides is 3. The second-order valence-corrected chi connectivity index (χ2v) is 9.84. The van der Waals surface area contributed by atoms with E-state index in [1.165, 1.54) is 65.1 Å². The number of carbonyl (C=O) groups is 2. The van der Waals surface area contributed by atoms with Crippen LogP contribution in [0.15, 0.2) is 66.7 Å². The average molecular weight is 532 g/mol. The Labute approximate surface area is 214 Å². The van der Waals surface area contributed by atoms with Crippen LogP contribution in [0.25, 0.3) is 0 Å². The number of benzene rings is 3. The van der Waals surface area contributed by atoms with E-state index < -0.39 is 34.4 Å². The highest BCUT2D eigenvalue weighted by atomic mass is 32.2. The molecule has 0 aromatic heterocycles. The summed E-state index contributed by atoms with van der Waals surface area (Å²) < 4.78 is 58.6. The van der Waals surface area contributed by atoms with Crippen molar-refractivity contribution in [3.63, 3.8) is 0 Å². The smallest absolute Gasteiger partial charge is 0.416 e. The largest absolute Gasteiger partial charge is 0.497 e. The lowest BCUT2D eigenvalue weighted by molar-refractivity contribution is -0.137. The number of methoxy groups -OCH3 is 1. The third-order valence-corrected chi connectivity index (χ3v) is 7.76. The van der Waals surface area contributed by atoms with Crippen LogP contribution in [-0.2, 0) is 22.4 Å². The molecule has 0 saturated carbocycles. The van der Waals surface area contributed by atoms with Crippen LogP contribution in [0, 0.1) is 5.82 Å². The van der Waals surface area contributed by atoms with Gasteiger partial charge in [-0.3, -0.25) is 9.69 Å². The number of carbonyl (C=O) groups excluding carboxylic acids is 2. The van der Waals surface area contributed by atoms with E-state index in [1.54, 1.807) is 18.2 Å². The van der Waals surface area contributed by atoms with Gasteiger partial charge in [0.1, 0.15) is 11.6 Å². The molecule has 0 bridgehead atoms. The van der Waals surface area contributed by atoms with Crippen molar-refractivity contribution in [1.29, 1.82) is 0 Å². The summed E-state index contributed by atoms with van der Waals surface area (Å²) in [6.07, 6.45) is -4.52. The predicted octanol–water partition coefficient (Wildman–Crippen LogP) is 5.83. The van der Waals surface area contributed by atoms with Crippen LogP contribution in [0.4, 0.5) is 33.7 Å². The van der Waals surface area contributed by atoms with Gasteiger partial charge in [-0.2, -0.15) is 13.2 Å². The number of hydrogen-bond acceptors (Lipinski definition) is 4. The Balaban J connectivity index is 1.53. The lowest BCUT2D eigenvalue weighted by Gasteiger charge is -2.33. The van der Waals surface area contributed by atoms with E-state index in [9.17, 15) is 27.2 Å². The molecular weight excluding hydrogens is 510 g/mol. The van der Waals surface area contributed by atoms with Gasteiger partial charge in [-0.05, 0) is 60.2 Å². The van der Waals surface area contributed by atoms with Crippen molar-refractivity contribution in [2.24, 2.45) is 0 Å². The summed E-state index contributed by atoms with van der Waals surface area (Å²) in [5.41, 5.74) is 0.845. The third kappa shape index (κ3) is 4.37. The molecule has 0 unspecified atom stereocenters. The lowest BCUT2D eigenvalue weighted by Crippen LogP contribution is -2.51. The van der Waals surface area contributed by atoms with Gasteiger partial charge in [-0.1, -0.05) is 12.1 Å². The minimum absolute atomic E-state index is 0.113. The SMILES string of the molecule is COc1ccc2c(c1)[C@]1(SCCN1C(=O)Nc1ccc(F)cc1)C(=O)N2Cc1cccc(C(F)(F)F)c1. The molecule has 2 heterocycles. The average Bonchev–Trinajstić information content (AvgIpc) is 3.42. The molecule has 0 aliphatic carbocycles. The van der Waals surface area contributed by atoms with Crippen LogP contribution in [-0.4, -0.2) is 36.2 Å². The van der Waals surface area contributed by atoms with E-state index in [4.69, 9.17) is 4.74 Å². The maximum atomic E-state index is 14.1. The Kier molecular flexibility index (Phi) is 6.26. The van der Waals surface area contributed by atoms with Crippen molar-refractivity contribution >= 4 is 35.1 Å². The second kappa shape index (κ2) is 9.29. The number of nitrogens with one attached hydrogen (secondary N) is 1. The highest BCUT2D eigenvalue weighted by Gasteiger charge is 2.59. The summed E-state index contributed by atoms with van der Waals surface area (Å²) in [4.78, 5) is 28.8. The minimum atomic E-state index is -4.52. The molecule has 1 saturated heterocycles. The Morgan fingerprint density at radius 3 is 2.57 bits per heavy atom. The van der Waals surface area contributed by atoms with Gasteiger partial charge in [0.2, 0.25) is 0 Å². The van der Waals surface area contributed by atoms with E-state index in [-0.39, 0.29) is 13.1 Å². The number of halogens is 4. The fourth-order valence-corrected chi connectivity index (χ4v) is 6.08. The quantitative estimate of drug-likeness (QED) is 0.430. The number of rotatable bonds is 4. The first kappa shape index (κ1) is 24.9. The number of thioether (sulfide) groups is 1. The van der Waals surface area contributed by atoms with E-state index in [1.807, 2.05) is 0 Å². The molecule has 37 heavy (non-hydrogen) atoms. The molecule has 1 N–H and O–H groups in total. The molecule has 5 rings (SSSR count). The summed E-state index contributed by atoms with van der Waals surface area (Å²) in [5.74, 6) is 0.0305. The number of anilines is 2. The van der Waals surface area contributed by atoms with Crippen molar-refractivity contribution < 1.29 is 31.9 Å². The molecule has 3 aromatic carbocycles. The van der Waals surface area contributed by atoms with Crippen LogP contribution >= 0.6 is 11.8 Å². The molecule has 11 heteroatoms. The molecule has 2 aliphatic heterocycles. The maximum absolute atomic E-state index is 14.1. The Bertz CT molecular complexity index is 1370. The molecule has 1 atom stereocenters. The Morgan fingerprint density at radius 1 is 1.11 bits per heavy atom. The number of alkyl halides is 3. The first-order valence-electron chi connectivity index (χ1n) is 11.3. The van der Waals surface area contributed by atoms with Gasteiger partial charge in [0.15, 0.2) is 4.87 Å². The van der Waals surface area contributed by atoms with Crippen LogP contribution in [0.1, 0.15) is 16.7 Å². The molecule has 1 spiro atoms. The summed E-state index contributed by atoms with van der Waals surface area (Å²) in [6.45, 7) is 0.134. The molecular formula is C26H21F4N3O3S. The van der Waals surface area contributed by atoms with Gasteiger partial charge in [-0.15, -0.1) is 11.8 Å². The van der Waals surface area contributed by atoms with Crippen molar-refractivity contribution in [1.82, 2.24) is 4.90 Å². The van der Waals surface area contributed by atoms with E-state index in [0.717, 1.165) is 12.1 Å². The van der Waals surface area contributed by atoms with Gasteiger partial charge >= 0.3 is 12.2 Å². The van der Waals surface area contributed by atoms with E-state index >= 15 is 0 Å². The summed E-state index contributed by atoms with van der Waals surface area (Å²) >= 11 is 1.27. The van der Waals surface area contributed by atoms with Crippen molar-refractivity contribution in [2.45, 2.75) is 17.6 Å². The van der Waals surface area contributed by atoms with Gasteiger partial charge in [0.25, 0.3) is 5.91 Å². The normalized spacial score (nSPS) is 18.9. The molecule has 2 aliphatic rings. The van der Waals surface area contributed by atoms with Gasteiger partial charge < -0.3 is 15.0 Å². The van der Waals surface area contributed by atoms with Gasteiger partial charge in [0, 0.05) is 23.5 Å². The van der Waals surface area contributed by atoms with Crippen molar-refractivity contribution in [3.8, 4) is 5.75 Å². The molecule has 6 nitrogen and oxygen atoms in total. The molecule has 3 aromatic rings. The molecule has 192 valence electrons. The topological polar surface area (TPSA) is 61.9 Å². The van der Waals surface area contributed by atoms with Crippen molar-refractivity contribution in [3.05, 3.63) is 89.2 Å². The fraction of sp³-hybridized carbons (Fsp3) is 0.231. The first-order valence-corrected chi connectivity index (χ1v) is 12.3. The van der Waals surface area contributed by atoms with Crippen LogP contribution in [0.5, 0.6) is 5.75 Å². The maximum Gasteiger partial charge on any atom is 0.416 e. The van der Waals surface area contributed by atoms with E-state index in [0.29, 0.717) is 34.0 Å². The minimum Gasteiger partial charge on any atom is -0.497 e. The zero-order valence-electron chi connectivity index (χ0n) is 19.5. The van der Waals surface area contributed by atoms with Crippen molar-refractivity contribution in [2.75, 3.05) is 29.6 Å². The highest BCUT2D eigenvalue weighted by Crippen LogP contribution is 2.55. The Morgan fingerprint density at radius 2 is 1.86 bits per heavy atom. The van der Waals surface area contributed by atoms with Crippen LogP contribution < -0.4 is 15.0 Å². The molecule has 1 fully saturated rings. The number of fused-ring (bicyclic) bond motifs is 2. The third-order valence-electron chi connectivity index (χ3n) is 6.34. The van der Waals surface area contributed by atoms with Gasteiger partial charge in [-0.25, -0.2) is 9.18 Å². The zero-order chi connectivity index (χ0) is 26.4. The van der Waals surface area contributed by atoms with Crippen LogP contribution in [0.2, 0.25) is 0 Å². The lowest BCUT2D eigenvalue weighted by atomic mass is 10.1. The number of ether oxygens (including phenoxy) is 1. The monoisotopic (exact) mass is 531 g/mol. The summed E-state index contributed by atoms with van der Waals surface area (Å²) in [5, 5.41) is 2.71. The number of hydrogen-bond donors (Lipinski definition) is 1.